The van der Waals surface area contributed by atoms with Gasteiger partial charge in [0.1, 0.15) is 6.07 Å². The average molecular weight is 293 g/mol. The summed E-state index contributed by atoms with van der Waals surface area (Å²) in [4.78, 5) is 2.28. The Labute approximate surface area is 111 Å². The van der Waals surface area contributed by atoms with Crippen LogP contribution in [0.25, 0.3) is 0 Å². The molecular weight excluding hydrogens is 276 g/mol. The Hall–Kier alpha value is -1.01. The smallest absolute Gasteiger partial charge is 0.103 e. The molecule has 1 fully saturated rings. The maximum absolute atomic E-state index is 9.24. The van der Waals surface area contributed by atoms with Gasteiger partial charge in [-0.1, -0.05) is 25.3 Å². The highest BCUT2D eigenvalue weighted by molar-refractivity contribution is 9.10. The normalized spacial score (nSPS) is 16.5. The summed E-state index contributed by atoms with van der Waals surface area (Å²) in [6, 6.07) is 8.85. The van der Waals surface area contributed by atoms with Crippen LogP contribution < -0.4 is 4.90 Å². The first-order valence-corrected chi connectivity index (χ1v) is 6.95. The highest BCUT2D eigenvalue weighted by Crippen LogP contribution is 2.31. The highest BCUT2D eigenvalue weighted by atomic mass is 79.9. The molecule has 0 aromatic heterocycles. The molecule has 0 atom stereocenters. The summed E-state index contributed by atoms with van der Waals surface area (Å²) in [7, 11) is 2.11. The molecule has 0 saturated heterocycles. The zero-order valence-corrected chi connectivity index (χ0v) is 11.7. The Morgan fingerprint density at radius 3 is 2.65 bits per heavy atom. The third-order valence-electron chi connectivity index (χ3n) is 3.61. The van der Waals surface area contributed by atoms with Gasteiger partial charge in [-0.3, -0.25) is 0 Å². The van der Waals surface area contributed by atoms with Gasteiger partial charge in [-0.25, -0.2) is 0 Å². The van der Waals surface area contributed by atoms with Crippen LogP contribution in [0, 0.1) is 11.3 Å². The van der Waals surface area contributed by atoms with Crippen LogP contribution in [0.4, 0.5) is 5.69 Å². The van der Waals surface area contributed by atoms with Crippen LogP contribution in [0.5, 0.6) is 0 Å². The summed E-state index contributed by atoms with van der Waals surface area (Å²) in [6.45, 7) is 0. The number of anilines is 1. The van der Waals surface area contributed by atoms with Crippen molar-refractivity contribution >= 4 is 21.6 Å². The Kier molecular flexibility index (Phi) is 4.06. The lowest BCUT2D eigenvalue weighted by Gasteiger charge is -2.33. The van der Waals surface area contributed by atoms with Gasteiger partial charge in [0.2, 0.25) is 0 Å². The number of benzene rings is 1. The predicted molar refractivity (Wildman–Crippen MR) is 74.1 cm³/mol. The molecule has 0 N–H and O–H groups in total. The fraction of sp³-hybridized carbons (Fsp3) is 0.500. The minimum Gasteiger partial charge on any atom is -0.371 e. The van der Waals surface area contributed by atoms with Gasteiger partial charge in [-0.05, 0) is 40.9 Å². The van der Waals surface area contributed by atoms with Crippen molar-refractivity contribution in [2.75, 3.05) is 11.9 Å². The number of nitrogens with zero attached hydrogens (tertiary/aromatic N) is 2. The number of halogens is 1. The molecule has 0 aliphatic heterocycles. The standard InChI is InChI=1S/C14H17BrN2/c1-17(11-6-3-2-4-7-11)14-9-5-8-13(15)12(14)10-16/h5,8-9,11H,2-4,6-7H2,1H3. The first-order valence-electron chi connectivity index (χ1n) is 6.15. The van der Waals surface area contributed by atoms with Crippen LogP contribution in [-0.4, -0.2) is 13.1 Å². The summed E-state index contributed by atoms with van der Waals surface area (Å²) in [5.74, 6) is 0. The molecule has 0 heterocycles. The lowest BCUT2D eigenvalue weighted by atomic mass is 9.94. The maximum atomic E-state index is 9.24. The van der Waals surface area contributed by atoms with E-state index in [0.29, 0.717) is 6.04 Å². The Morgan fingerprint density at radius 1 is 1.29 bits per heavy atom. The highest BCUT2D eigenvalue weighted by Gasteiger charge is 2.20. The van der Waals surface area contributed by atoms with E-state index in [1.165, 1.54) is 32.1 Å². The summed E-state index contributed by atoms with van der Waals surface area (Å²) in [5.41, 5.74) is 1.80. The maximum Gasteiger partial charge on any atom is 0.103 e. The average Bonchev–Trinajstić information content (AvgIpc) is 2.38. The Bertz CT molecular complexity index is 430. The molecule has 2 nitrogen and oxygen atoms in total. The topological polar surface area (TPSA) is 27.0 Å². The zero-order chi connectivity index (χ0) is 12.3. The second-order valence-electron chi connectivity index (χ2n) is 4.65. The summed E-state index contributed by atoms with van der Waals surface area (Å²) < 4.78 is 0.889. The van der Waals surface area contributed by atoms with Crippen molar-refractivity contribution in [3.8, 4) is 6.07 Å². The van der Waals surface area contributed by atoms with E-state index in [9.17, 15) is 5.26 Å². The third-order valence-corrected chi connectivity index (χ3v) is 4.27. The number of hydrogen-bond donors (Lipinski definition) is 0. The van der Waals surface area contributed by atoms with Crippen LogP contribution in [-0.2, 0) is 0 Å². The van der Waals surface area contributed by atoms with Crippen molar-refractivity contribution in [2.45, 2.75) is 38.1 Å². The number of rotatable bonds is 2. The van der Waals surface area contributed by atoms with Gasteiger partial charge in [-0.15, -0.1) is 0 Å². The van der Waals surface area contributed by atoms with Crippen molar-refractivity contribution in [3.05, 3.63) is 28.2 Å². The molecule has 2 rings (SSSR count). The second-order valence-corrected chi connectivity index (χ2v) is 5.50. The van der Waals surface area contributed by atoms with E-state index in [0.717, 1.165) is 15.7 Å². The minimum absolute atomic E-state index is 0.588. The second kappa shape index (κ2) is 5.55. The Balaban J connectivity index is 2.27. The zero-order valence-electron chi connectivity index (χ0n) is 10.1. The number of nitriles is 1. The first-order chi connectivity index (χ1) is 8.24. The molecule has 1 aromatic carbocycles. The van der Waals surface area contributed by atoms with E-state index >= 15 is 0 Å². The van der Waals surface area contributed by atoms with Crippen LogP contribution >= 0.6 is 15.9 Å². The molecule has 0 unspecified atom stereocenters. The van der Waals surface area contributed by atoms with Crippen molar-refractivity contribution in [1.29, 1.82) is 5.26 Å². The Morgan fingerprint density at radius 2 is 2.00 bits per heavy atom. The van der Waals surface area contributed by atoms with Gasteiger partial charge in [-0.2, -0.15) is 5.26 Å². The fourth-order valence-electron chi connectivity index (χ4n) is 2.58. The monoisotopic (exact) mass is 292 g/mol. The van der Waals surface area contributed by atoms with Crippen molar-refractivity contribution in [3.63, 3.8) is 0 Å². The largest absolute Gasteiger partial charge is 0.371 e. The summed E-state index contributed by atoms with van der Waals surface area (Å²) in [6.07, 6.45) is 6.46. The predicted octanol–water partition coefficient (Wildman–Crippen LogP) is 4.09. The van der Waals surface area contributed by atoms with Crippen LogP contribution in [0.15, 0.2) is 22.7 Å². The summed E-state index contributed by atoms with van der Waals surface area (Å²) in [5, 5.41) is 9.24. The van der Waals surface area contributed by atoms with Gasteiger partial charge >= 0.3 is 0 Å². The number of hydrogen-bond acceptors (Lipinski definition) is 2. The molecule has 1 aromatic rings. The molecule has 1 saturated carbocycles. The van der Waals surface area contributed by atoms with Crippen LogP contribution in [0.1, 0.15) is 37.7 Å². The lowest BCUT2D eigenvalue weighted by Crippen LogP contribution is -2.33. The minimum atomic E-state index is 0.588. The quantitative estimate of drug-likeness (QED) is 0.821. The molecule has 90 valence electrons. The summed E-state index contributed by atoms with van der Waals surface area (Å²) >= 11 is 3.45. The van der Waals surface area contributed by atoms with Gasteiger partial charge in [0.25, 0.3) is 0 Å². The van der Waals surface area contributed by atoms with E-state index in [-0.39, 0.29) is 0 Å². The van der Waals surface area contributed by atoms with Crippen molar-refractivity contribution in [1.82, 2.24) is 0 Å². The lowest BCUT2D eigenvalue weighted by molar-refractivity contribution is 0.427. The van der Waals surface area contributed by atoms with Gasteiger partial charge in [0, 0.05) is 17.6 Å². The van der Waals surface area contributed by atoms with E-state index in [2.05, 4.69) is 33.9 Å². The molecule has 3 heteroatoms. The molecule has 1 aliphatic carbocycles. The van der Waals surface area contributed by atoms with Gasteiger partial charge < -0.3 is 4.90 Å². The molecule has 17 heavy (non-hydrogen) atoms. The van der Waals surface area contributed by atoms with Crippen molar-refractivity contribution < 1.29 is 0 Å². The van der Waals surface area contributed by atoms with Gasteiger partial charge in [0.15, 0.2) is 0 Å². The van der Waals surface area contributed by atoms with E-state index in [1.807, 2.05) is 18.2 Å². The molecule has 1 aliphatic rings. The first kappa shape index (κ1) is 12.4. The molecular formula is C14H17BrN2. The van der Waals surface area contributed by atoms with Crippen LogP contribution in [0.2, 0.25) is 0 Å². The molecule has 0 amide bonds. The molecule has 0 spiro atoms. The van der Waals surface area contributed by atoms with Crippen molar-refractivity contribution in [2.24, 2.45) is 0 Å². The molecule has 0 bridgehead atoms. The SMILES string of the molecule is CN(c1cccc(Br)c1C#N)C1CCCCC1. The van der Waals surface area contributed by atoms with Gasteiger partial charge in [0.05, 0.1) is 11.3 Å². The van der Waals surface area contributed by atoms with E-state index in [1.54, 1.807) is 0 Å². The van der Waals surface area contributed by atoms with Crippen LogP contribution in [0.3, 0.4) is 0 Å². The molecule has 0 radical (unpaired) electrons. The fourth-order valence-corrected chi connectivity index (χ4v) is 3.03. The third kappa shape index (κ3) is 2.63. The van der Waals surface area contributed by atoms with E-state index in [4.69, 9.17) is 0 Å². The van der Waals surface area contributed by atoms with E-state index < -0.39 is 0 Å².